The zero-order chi connectivity index (χ0) is 15.3. The molecule has 4 rings (SSSR count). The van der Waals surface area contributed by atoms with Crippen LogP contribution in [0.2, 0.25) is 0 Å². The molecule has 2 aliphatic heterocycles. The van der Waals surface area contributed by atoms with E-state index < -0.39 is 11.4 Å². The molecule has 1 aromatic heterocycles. The number of hydrogen-bond acceptors (Lipinski definition) is 3. The number of aliphatic carboxylic acids is 1. The molecule has 2 saturated heterocycles. The van der Waals surface area contributed by atoms with Gasteiger partial charge in [-0.3, -0.25) is 9.69 Å². The van der Waals surface area contributed by atoms with Gasteiger partial charge in [0.15, 0.2) is 0 Å². The maximum atomic E-state index is 11.8. The van der Waals surface area contributed by atoms with Gasteiger partial charge in [0.25, 0.3) is 0 Å². The van der Waals surface area contributed by atoms with Crippen LogP contribution in [-0.2, 0) is 11.3 Å². The summed E-state index contributed by atoms with van der Waals surface area (Å²) >= 11 is 0. The summed E-state index contributed by atoms with van der Waals surface area (Å²) in [6.07, 6.45) is 1.95. The molecular weight excluding hydrogens is 278 g/mol. The molecule has 3 heterocycles. The van der Waals surface area contributed by atoms with E-state index in [9.17, 15) is 9.90 Å². The van der Waals surface area contributed by atoms with Gasteiger partial charge in [0.05, 0.1) is 5.41 Å². The molecule has 0 bridgehead atoms. The zero-order valence-electron chi connectivity index (χ0n) is 12.7. The van der Waals surface area contributed by atoms with Crippen molar-refractivity contribution >= 4 is 16.9 Å². The number of carboxylic acid groups (broad SMARTS) is 1. The highest BCUT2D eigenvalue weighted by Gasteiger charge is 2.56. The van der Waals surface area contributed by atoms with E-state index >= 15 is 0 Å². The smallest absolute Gasteiger partial charge is 0.312 e. The summed E-state index contributed by atoms with van der Waals surface area (Å²) in [5.74, 6) is -0.392. The second-order valence-electron chi connectivity index (χ2n) is 6.92. The van der Waals surface area contributed by atoms with E-state index in [0.29, 0.717) is 13.1 Å². The van der Waals surface area contributed by atoms with Crippen molar-refractivity contribution in [2.24, 2.45) is 11.3 Å². The van der Waals surface area contributed by atoms with Crippen LogP contribution in [0.4, 0.5) is 0 Å². The predicted molar refractivity (Wildman–Crippen MR) is 84.6 cm³/mol. The van der Waals surface area contributed by atoms with Gasteiger partial charge in [-0.15, -0.1) is 0 Å². The SMILES string of the molecule is CN1C[C@H]2CN(Cc3ccc4[nH]ccc4c3)C[C@@]2(C(=O)O)C1. The van der Waals surface area contributed by atoms with Gasteiger partial charge < -0.3 is 15.0 Å². The van der Waals surface area contributed by atoms with Crippen molar-refractivity contribution < 1.29 is 9.90 Å². The minimum atomic E-state index is -0.634. The number of likely N-dealkylation sites (tertiary alicyclic amines) is 2. The van der Waals surface area contributed by atoms with E-state index in [0.717, 1.165) is 25.2 Å². The highest BCUT2D eigenvalue weighted by Crippen LogP contribution is 2.42. The minimum absolute atomic E-state index is 0.242. The average Bonchev–Trinajstić information content (AvgIpc) is 3.10. The van der Waals surface area contributed by atoms with Crippen LogP contribution in [0.5, 0.6) is 0 Å². The fourth-order valence-corrected chi connectivity index (χ4v) is 4.30. The summed E-state index contributed by atoms with van der Waals surface area (Å²) in [4.78, 5) is 19.5. The second kappa shape index (κ2) is 4.83. The fourth-order valence-electron chi connectivity index (χ4n) is 4.30. The van der Waals surface area contributed by atoms with Gasteiger partial charge in [-0.2, -0.15) is 0 Å². The molecule has 2 fully saturated rings. The summed E-state index contributed by atoms with van der Waals surface area (Å²) in [6.45, 7) is 3.92. The van der Waals surface area contributed by atoms with Crippen molar-refractivity contribution in [1.82, 2.24) is 14.8 Å². The van der Waals surface area contributed by atoms with Crippen LogP contribution in [0.15, 0.2) is 30.5 Å². The molecule has 2 atom stereocenters. The molecule has 0 amide bonds. The molecule has 2 aromatic rings. The van der Waals surface area contributed by atoms with Crippen molar-refractivity contribution in [3.8, 4) is 0 Å². The molecule has 0 unspecified atom stereocenters. The highest BCUT2D eigenvalue weighted by atomic mass is 16.4. The third-order valence-electron chi connectivity index (χ3n) is 5.30. The Kier molecular flexibility index (Phi) is 3.03. The molecule has 5 heteroatoms. The molecule has 0 saturated carbocycles. The Morgan fingerprint density at radius 1 is 1.36 bits per heavy atom. The Morgan fingerprint density at radius 2 is 2.23 bits per heavy atom. The van der Waals surface area contributed by atoms with Gasteiger partial charge in [-0.05, 0) is 36.2 Å². The van der Waals surface area contributed by atoms with Crippen LogP contribution in [0.1, 0.15) is 5.56 Å². The summed E-state index contributed by atoms with van der Waals surface area (Å²) in [7, 11) is 2.02. The van der Waals surface area contributed by atoms with Crippen LogP contribution in [0.25, 0.3) is 10.9 Å². The quantitative estimate of drug-likeness (QED) is 0.904. The van der Waals surface area contributed by atoms with Gasteiger partial charge >= 0.3 is 5.97 Å². The summed E-state index contributed by atoms with van der Waals surface area (Å²) in [5, 5.41) is 10.9. The largest absolute Gasteiger partial charge is 0.481 e. The first-order valence-electron chi connectivity index (χ1n) is 7.77. The number of carbonyl (C=O) groups is 1. The lowest BCUT2D eigenvalue weighted by atomic mass is 9.81. The number of benzene rings is 1. The number of carboxylic acids is 1. The van der Waals surface area contributed by atoms with E-state index in [-0.39, 0.29) is 5.92 Å². The average molecular weight is 299 g/mol. The lowest BCUT2D eigenvalue weighted by Gasteiger charge is -2.24. The van der Waals surface area contributed by atoms with Crippen LogP contribution in [0.3, 0.4) is 0 Å². The number of rotatable bonds is 3. The molecule has 2 aliphatic rings. The predicted octanol–water partition coefficient (Wildman–Crippen LogP) is 1.62. The van der Waals surface area contributed by atoms with E-state index in [1.165, 1.54) is 10.9 Å². The standard InChI is InChI=1S/C17H21N3O2/c1-19-8-14-9-20(11-17(14,10-19)16(21)22)7-12-2-3-15-13(6-12)4-5-18-15/h2-6,14,18H,7-11H2,1H3,(H,21,22)/t14-,17-/m0/s1. The van der Waals surface area contributed by atoms with E-state index in [1.54, 1.807) is 0 Å². The Morgan fingerprint density at radius 3 is 3.00 bits per heavy atom. The Hall–Kier alpha value is -1.85. The number of aromatic nitrogens is 1. The molecule has 1 aromatic carbocycles. The topological polar surface area (TPSA) is 59.6 Å². The molecule has 5 nitrogen and oxygen atoms in total. The molecule has 22 heavy (non-hydrogen) atoms. The maximum absolute atomic E-state index is 11.8. The summed E-state index contributed by atoms with van der Waals surface area (Å²) in [6, 6.07) is 8.50. The molecule has 0 aliphatic carbocycles. The zero-order valence-corrected chi connectivity index (χ0v) is 12.7. The number of hydrogen-bond donors (Lipinski definition) is 2. The Bertz CT molecular complexity index is 726. The molecule has 116 valence electrons. The summed E-state index contributed by atoms with van der Waals surface area (Å²) < 4.78 is 0. The Labute approximate surface area is 129 Å². The number of fused-ring (bicyclic) bond motifs is 2. The first-order chi connectivity index (χ1) is 10.6. The summed E-state index contributed by atoms with van der Waals surface area (Å²) in [5.41, 5.74) is 1.82. The van der Waals surface area contributed by atoms with Crippen molar-refractivity contribution in [2.45, 2.75) is 6.54 Å². The monoisotopic (exact) mass is 299 g/mol. The fraction of sp³-hybridized carbons (Fsp3) is 0.471. The van der Waals surface area contributed by atoms with Crippen LogP contribution < -0.4 is 0 Å². The van der Waals surface area contributed by atoms with Crippen molar-refractivity contribution in [3.05, 3.63) is 36.0 Å². The van der Waals surface area contributed by atoms with Crippen molar-refractivity contribution in [1.29, 1.82) is 0 Å². The van der Waals surface area contributed by atoms with E-state index in [1.807, 2.05) is 13.2 Å². The lowest BCUT2D eigenvalue weighted by molar-refractivity contribution is -0.148. The highest BCUT2D eigenvalue weighted by molar-refractivity contribution is 5.80. The normalized spacial score (nSPS) is 29.2. The van der Waals surface area contributed by atoms with Crippen molar-refractivity contribution in [3.63, 3.8) is 0 Å². The van der Waals surface area contributed by atoms with Gasteiger partial charge in [0, 0.05) is 50.4 Å². The van der Waals surface area contributed by atoms with Gasteiger partial charge in [0.1, 0.15) is 0 Å². The number of nitrogens with one attached hydrogen (secondary N) is 1. The number of nitrogens with zero attached hydrogens (tertiary/aromatic N) is 2. The first-order valence-corrected chi connectivity index (χ1v) is 7.77. The van der Waals surface area contributed by atoms with E-state index in [2.05, 4.69) is 39.0 Å². The first kappa shape index (κ1) is 13.8. The number of H-pyrrole nitrogens is 1. The van der Waals surface area contributed by atoms with E-state index in [4.69, 9.17) is 0 Å². The van der Waals surface area contributed by atoms with Crippen molar-refractivity contribution in [2.75, 3.05) is 33.2 Å². The molecule has 0 spiro atoms. The third kappa shape index (κ3) is 2.04. The third-order valence-corrected chi connectivity index (χ3v) is 5.30. The molecule has 0 radical (unpaired) electrons. The molecule has 2 N–H and O–H groups in total. The van der Waals surface area contributed by atoms with Gasteiger partial charge in [-0.1, -0.05) is 6.07 Å². The maximum Gasteiger partial charge on any atom is 0.312 e. The lowest BCUT2D eigenvalue weighted by Crippen LogP contribution is -2.40. The van der Waals surface area contributed by atoms with Crippen LogP contribution in [0, 0.1) is 11.3 Å². The van der Waals surface area contributed by atoms with Crippen LogP contribution >= 0.6 is 0 Å². The number of aromatic amines is 1. The Balaban J connectivity index is 1.54. The molecular formula is C17H21N3O2. The van der Waals surface area contributed by atoms with Gasteiger partial charge in [0.2, 0.25) is 0 Å². The van der Waals surface area contributed by atoms with Gasteiger partial charge in [-0.25, -0.2) is 0 Å². The van der Waals surface area contributed by atoms with Crippen LogP contribution in [-0.4, -0.2) is 59.1 Å². The minimum Gasteiger partial charge on any atom is -0.481 e. The second-order valence-corrected chi connectivity index (χ2v) is 6.92.